The van der Waals surface area contributed by atoms with Crippen molar-refractivity contribution < 1.29 is 13.3 Å². The molecule has 2 aromatic rings. The Morgan fingerprint density at radius 2 is 2.00 bits per heavy atom. The molecule has 0 saturated carbocycles. The number of hydrogen-bond donors (Lipinski definition) is 2. The van der Waals surface area contributed by atoms with Crippen LogP contribution in [-0.2, 0) is 16.4 Å². The smallest absolute Gasteiger partial charge is 0.272 e. The number of nitrogens with two attached hydrogens (primary N) is 1. The van der Waals surface area contributed by atoms with E-state index in [-0.39, 0.29) is 10.6 Å². The maximum atomic E-state index is 11.5. The Hall–Kier alpha value is -2.45. The van der Waals surface area contributed by atoms with E-state index in [0.29, 0.717) is 18.2 Å². The largest absolute Gasteiger partial charge is 0.384 e. The fourth-order valence-electron chi connectivity index (χ4n) is 2.74. The van der Waals surface area contributed by atoms with Gasteiger partial charge in [-0.2, -0.15) is 0 Å². The van der Waals surface area contributed by atoms with Crippen molar-refractivity contribution >= 4 is 21.4 Å². The van der Waals surface area contributed by atoms with Crippen LogP contribution in [0.25, 0.3) is 0 Å². The van der Waals surface area contributed by atoms with Crippen molar-refractivity contribution in [1.29, 1.82) is 0 Å². The number of nitro benzene ring substituents is 1. The minimum atomic E-state index is -4.00. The predicted octanol–water partition coefficient (Wildman–Crippen LogP) is 1.99. The van der Waals surface area contributed by atoms with E-state index >= 15 is 0 Å². The first-order chi connectivity index (χ1) is 10.8. The van der Waals surface area contributed by atoms with E-state index in [1.54, 1.807) is 0 Å². The summed E-state index contributed by atoms with van der Waals surface area (Å²) >= 11 is 0. The first-order valence-corrected chi connectivity index (χ1v) is 8.53. The molecule has 0 fully saturated rings. The fourth-order valence-corrected chi connectivity index (χ4v) is 3.32. The molecule has 1 aliphatic rings. The van der Waals surface area contributed by atoms with Gasteiger partial charge in [-0.05, 0) is 23.6 Å². The Bertz CT molecular complexity index is 880. The summed E-state index contributed by atoms with van der Waals surface area (Å²) in [7, 11) is -4.00. The zero-order chi connectivity index (χ0) is 16.6. The van der Waals surface area contributed by atoms with Gasteiger partial charge in [-0.1, -0.05) is 24.3 Å². The maximum Gasteiger partial charge on any atom is 0.272 e. The number of anilines is 1. The third-order valence-corrected chi connectivity index (χ3v) is 4.84. The van der Waals surface area contributed by atoms with Gasteiger partial charge in [0.2, 0.25) is 10.0 Å². The predicted molar refractivity (Wildman–Crippen MR) is 85.8 cm³/mol. The zero-order valence-corrected chi connectivity index (χ0v) is 12.9. The molecule has 0 bridgehead atoms. The molecular formula is C15H15N3O4S. The molecule has 120 valence electrons. The number of primary sulfonamides is 1. The van der Waals surface area contributed by atoms with E-state index in [2.05, 4.69) is 11.4 Å². The number of sulfonamides is 1. The lowest BCUT2D eigenvalue weighted by atomic mass is 9.77. The molecule has 2 aromatic carbocycles. The van der Waals surface area contributed by atoms with Gasteiger partial charge in [0.1, 0.15) is 0 Å². The second-order valence-corrected chi connectivity index (χ2v) is 7.06. The highest BCUT2D eigenvalue weighted by Gasteiger charge is 2.25. The molecule has 0 heterocycles. The Balaban J connectivity index is 1.80. The van der Waals surface area contributed by atoms with Crippen LogP contribution >= 0.6 is 0 Å². The second kappa shape index (κ2) is 5.64. The van der Waals surface area contributed by atoms with E-state index in [1.807, 2.05) is 18.2 Å². The standard InChI is InChI=1S/C15H15N3O4S/c16-23(21,22)14-7-12(6-13(8-14)18(19)20)17-9-11-5-10-3-1-2-4-15(10)11/h1-4,6-8,11,17H,5,9H2,(H2,16,21,22)/t11-/m0/s1. The van der Waals surface area contributed by atoms with Crippen molar-refractivity contribution in [2.45, 2.75) is 17.2 Å². The quantitative estimate of drug-likeness (QED) is 0.641. The van der Waals surface area contributed by atoms with E-state index in [4.69, 9.17) is 5.14 Å². The van der Waals surface area contributed by atoms with Crippen LogP contribution in [0.5, 0.6) is 0 Å². The molecule has 8 heteroatoms. The lowest BCUT2D eigenvalue weighted by Gasteiger charge is -2.30. The molecule has 1 atom stereocenters. The highest BCUT2D eigenvalue weighted by molar-refractivity contribution is 7.89. The maximum absolute atomic E-state index is 11.5. The lowest BCUT2D eigenvalue weighted by molar-refractivity contribution is -0.385. The van der Waals surface area contributed by atoms with Gasteiger partial charge < -0.3 is 5.32 Å². The average molecular weight is 333 g/mol. The second-order valence-electron chi connectivity index (χ2n) is 5.50. The van der Waals surface area contributed by atoms with Gasteiger partial charge >= 0.3 is 0 Å². The number of benzene rings is 2. The summed E-state index contributed by atoms with van der Waals surface area (Å²) in [5.74, 6) is 0.309. The van der Waals surface area contributed by atoms with Crippen molar-refractivity contribution in [3.8, 4) is 0 Å². The fraction of sp³-hybridized carbons (Fsp3) is 0.200. The van der Waals surface area contributed by atoms with Gasteiger partial charge in [-0.15, -0.1) is 0 Å². The summed E-state index contributed by atoms with van der Waals surface area (Å²) < 4.78 is 22.9. The minimum absolute atomic E-state index is 0.275. The van der Waals surface area contributed by atoms with Crippen LogP contribution in [0.4, 0.5) is 11.4 Å². The van der Waals surface area contributed by atoms with Crippen LogP contribution in [0.3, 0.4) is 0 Å². The molecule has 0 aromatic heterocycles. The van der Waals surface area contributed by atoms with Gasteiger partial charge in [0.25, 0.3) is 5.69 Å². The number of non-ortho nitro benzene ring substituents is 1. The minimum Gasteiger partial charge on any atom is -0.384 e. The first-order valence-electron chi connectivity index (χ1n) is 6.98. The van der Waals surface area contributed by atoms with Crippen molar-refractivity contribution in [1.82, 2.24) is 0 Å². The molecule has 0 unspecified atom stereocenters. The van der Waals surface area contributed by atoms with Gasteiger partial charge in [-0.25, -0.2) is 13.6 Å². The van der Waals surface area contributed by atoms with E-state index in [0.717, 1.165) is 12.5 Å². The molecule has 23 heavy (non-hydrogen) atoms. The molecule has 0 saturated heterocycles. The van der Waals surface area contributed by atoms with Crippen molar-refractivity contribution in [3.05, 3.63) is 63.7 Å². The molecule has 3 rings (SSSR count). The third kappa shape index (κ3) is 3.17. The van der Waals surface area contributed by atoms with Crippen molar-refractivity contribution in [2.75, 3.05) is 11.9 Å². The summed E-state index contributed by atoms with van der Waals surface area (Å²) in [5, 5.41) is 19.1. The summed E-state index contributed by atoms with van der Waals surface area (Å²) in [4.78, 5) is 10.0. The summed E-state index contributed by atoms with van der Waals surface area (Å²) in [6, 6.07) is 11.6. The first kappa shape index (κ1) is 15.4. The highest BCUT2D eigenvalue weighted by Crippen LogP contribution is 2.35. The summed E-state index contributed by atoms with van der Waals surface area (Å²) in [6.45, 7) is 0.572. The number of nitro groups is 1. The van der Waals surface area contributed by atoms with Crippen molar-refractivity contribution in [2.24, 2.45) is 5.14 Å². The van der Waals surface area contributed by atoms with Gasteiger partial charge in [0.05, 0.1) is 9.82 Å². The van der Waals surface area contributed by atoms with Gasteiger partial charge in [0, 0.05) is 30.3 Å². The summed E-state index contributed by atoms with van der Waals surface area (Å²) in [6.07, 6.45) is 0.931. The van der Waals surface area contributed by atoms with Crippen LogP contribution in [-0.4, -0.2) is 19.9 Å². The van der Waals surface area contributed by atoms with E-state index < -0.39 is 14.9 Å². The zero-order valence-electron chi connectivity index (χ0n) is 12.1. The molecule has 0 radical (unpaired) electrons. The molecule has 0 amide bonds. The Morgan fingerprint density at radius 1 is 1.26 bits per heavy atom. The molecule has 1 aliphatic carbocycles. The van der Waals surface area contributed by atoms with Crippen LogP contribution in [0.15, 0.2) is 47.4 Å². The molecular weight excluding hydrogens is 318 g/mol. The Kier molecular flexibility index (Phi) is 3.78. The molecule has 3 N–H and O–H groups in total. The average Bonchev–Trinajstić information content (AvgIpc) is 2.47. The van der Waals surface area contributed by atoms with Crippen molar-refractivity contribution in [3.63, 3.8) is 0 Å². The number of nitrogens with zero attached hydrogens (tertiary/aromatic N) is 1. The number of fused-ring (bicyclic) bond motifs is 1. The number of rotatable bonds is 5. The van der Waals surface area contributed by atoms with Gasteiger partial charge in [-0.3, -0.25) is 10.1 Å². The topological polar surface area (TPSA) is 115 Å². The normalized spacial score (nSPS) is 16.3. The molecule has 0 spiro atoms. The Labute approximate surface area is 133 Å². The SMILES string of the molecule is NS(=O)(=O)c1cc(NC[C@@H]2Cc3ccccc32)cc([N+](=O)[O-])c1. The molecule has 7 nitrogen and oxygen atoms in total. The van der Waals surface area contributed by atoms with Crippen LogP contribution < -0.4 is 10.5 Å². The van der Waals surface area contributed by atoms with Crippen LogP contribution in [0.1, 0.15) is 17.0 Å². The third-order valence-electron chi connectivity index (χ3n) is 3.94. The monoisotopic (exact) mass is 333 g/mol. The lowest BCUT2D eigenvalue weighted by Crippen LogP contribution is -2.24. The van der Waals surface area contributed by atoms with E-state index in [1.165, 1.54) is 23.3 Å². The number of hydrogen-bond acceptors (Lipinski definition) is 5. The summed E-state index contributed by atoms with van der Waals surface area (Å²) in [5.41, 5.74) is 2.60. The van der Waals surface area contributed by atoms with E-state index in [9.17, 15) is 18.5 Å². The van der Waals surface area contributed by atoms with Crippen LogP contribution in [0, 0.1) is 10.1 Å². The molecule has 0 aliphatic heterocycles. The highest BCUT2D eigenvalue weighted by atomic mass is 32.2. The van der Waals surface area contributed by atoms with Gasteiger partial charge in [0.15, 0.2) is 0 Å². The van der Waals surface area contributed by atoms with Crippen LogP contribution in [0.2, 0.25) is 0 Å². The number of nitrogens with one attached hydrogen (secondary N) is 1. The Morgan fingerprint density at radius 3 is 2.65 bits per heavy atom.